The second-order valence-corrected chi connectivity index (χ2v) is 5.54. The van der Waals surface area contributed by atoms with E-state index < -0.39 is 0 Å². The average Bonchev–Trinajstić information content (AvgIpc) is 2.90. The molecular formula is C14H21N5O. The van der Waals surface area contributed by atoms with Gasteiger partial charge < -0.3 is 10.7 Å². The third-order valence-electron chi connectivity index (χ3n) is 4.33. The SMILES string of the molecule is NNc1ccnc(C(=O)NC2CCN3CCCCC23)c1. The quantitative estimate of drug-likeness (QED) is 0.559. The van der Waals surface area contributed by atoms with Crippen molar-refractivity contribution < 1.29 is 4.79 Å². The van der Waals surface area contributed by atoms with E-state index in [9.17, 15) is 4.79 Å². The molecule has 3 heterocycles. The molecule has 108 valence electrons. The van der Waals surface area contributed by atoms with Crippen molar-refractivity contribution >= 4 is 11.6 Å². The predicted octanol–water partition coefficient (Wildman–Crippen LogP) is 0.724. The molecule has 0 radical (unpaired) electrons. The number of nitrogens with two attached hydrogens (primary N) is 1. The fourth-order valence-electron chi connectivity index (χ4n) is 3.30. The molecular weight excluding hydrogens is 254 g/mol. The van der Waals surface area contributed by atoms with Crippen molar-refractivity contribution in [2.45, 2.75) is 37.8 Å². The van der Waals surface area contributed by atoms with Crippen molar-refractivity contribution in [2.75, 3.05) is 18.5 Å². The normalized spacial score (nSPS) is 26.1. The molecule has 1 aromatic rings. The second kappa shape index (κ2) is 5.76. The number of anilines is 1. The number of hydrogen-bond acceptors (Lipinski definition) is 5. The van der Waals surface area contributed by atoms with Crippen LogP contribution in [0.3, 0.4) is 0 Å². The number of amides is 1. The van der Waals surface area contributed by atoms with Gasteiger partial charge in [-0.15, -0.1) is 0 Å². The zero-order valence-corrected chi connectivity index (χ0v) is 11.5. The maximum Gasteiger partial charge on any atom is 0.270 e. The van der Waals surface area contributed by atoms with Crippen molar-refractivity contribution in [3.05, 3.63) is 24.0 Å². The van der Waals surface area contributed by atoms with Gasteiger partial charge in [0.2, 0.25) is 0 Å². The van der Waals surface area contributed by atoms with Gasteiger partial charge in [-0.3, -0.25) is 20.5 Å². The first kappa shape index (κ1) is 13.3. The minimum absolute atomic E-state index is 0.112. The Morgan fingerprint density at radius 3 is 3.10 bits per heavy atom. The Balaban J connectivity index is 1.66. The molecule has 0 bridgehead atoms. The summed E-state index contributed by atoms with van der Waals surface area (Å²) in [5, 5.41) is 3.13. The fourth-order valence-corrected chi connectivity index (χ4v) is 3.30. The maximum atomic E-state index is 12.3. The van der Waals surface area contributed by atoms with Crippen LogP contribution in [0.2, 0.25) is 0 Å². The molecule has 0 saturated carbocycles. The molecule has 20 heavy (non-hydrogen) atoms. The van der Waals surface area contributed by atoms with Gasteiger partial charge >= 0.3 is 0 Å². The van der Waals surface area contributed by atoms with Crippen LogP contribution in [-0.4, -0.2) is 41.0 Å². The smallest absolute Gasteiger partial charge is 0.270 e. The van der Waals surface area contributed by atoms with Crippen molar-refractivity contribution in [3.8, 4) is 0 Å². The lowest BCUT2D eigenvalue weighted by molar-refractivity contribution is 0.0910. The number of carbonyl (C=O) groups is 1. The van der Waals surface area contributed by atoms with E-state index in [4.69, 9.17) is 5.84 Å². The number of hydrogen-bond donors (Lipinski definition) is 3. The molecule has 1 amide bonds. The predicted molar refractivity (Wildman–Crippen MR) is 77.1 cm³/mol. The molecule has 2 aliphatic rings. The van der Waals surface area contributed by atoms with E-state index in [0.717, 1.165) is 13.0 Å². The lowest BCUT2D eigenvalue weighted by atomic mass is 9.99. The number of nitrogens with zero attached hydrogens (tertiary/aromatic N) is 2. The summed E-state index contributed by atoms with van der Waals surface area (Å²) in [6, 6.07) is 4.15. The number of fused-ring (bicyclic) bond motifs is 1. The number of nitrogens with one attached hydrogen (secondary N) is 2. The largest absolute Gasteiger partial charge is 0.346 e. The highest BCUT2D eigenvalue weighted by molar-refractivity contribution is 5.93. The van der Waals surface area contributed by atoms with Crippen LogP contribution in [-0.2, 0) is 0 Å². The summed E-state index contributed by atoms with van der Waals surface area (Å²) in [4.78, 5) is 18.9. The molecule has 0 spiro atoms. The molecule has 0 aromatic carbocycles. The Kier molecular flexibility index (Phi) is 3.84. The van der Waals surface area contributed by atoms with Crippen molar-refractivity contribution in [3.63, 3.8) is 0 Å². The summed E-state index contributed by atoms with van der Waals surface area (Å²) in [5.74, 6) is 5.24. The van der Waals surface area contributed by atoms with Gasteiger partial charge in [-0.05, 0) is 37.9 Å². The van der Waals surface area contributed by atoms with Gasteiger partial charge in [0.1, 0.15) is 5.69 Å². The summed E-state index contributed by atoms with van der Waals surface area (Å²) in [6.07, 6.45) is 6.35. The monoisotopic (exact) mass is 275 g/mol. The summed E-state index contributed by atoms with van der Waals surface area (Å²) in [6.45, 7) is 2.26. The lowest BCUT2D eigenvalue weighted by Gasteiger charge is -2.32. The Bertz CT molecular complexity index is 492. The van der Waals surface area contributed by atoms with Gasteiger partial charge in [0, 0.05) is 24.8 Å². The first-order valence-electron chi connectivity index (χ1n) is 7.25. The van der Waals surface area contributed by atoms with Crippen LogP contribution in [0.25, 0.3) is 0 Å². The Labute approximate surface area is 118 Å². The van der Waals surface area contributed by atoms with Gasteiger partial charge in [0.15, 0.2) is 0 Å². The first-order valence-corrected chi connectivity index (χ1v) is 7.25. The van der Waals surface area contributed by atoms with Gasteiger partial charge in [-0.25, -0.2) is 0 Å². The third kappa shape index (κ3) is 2.62. The Morgan fingerprint density at radius 2 is 2.25 bits per heavy atom. The standard InChI is InChI=1S/C14H21N5O/c15-18-10-4-6-16-12(9-10)14(20)17-11-5-8-19-7-2-1-3-13(11)19/h4,6,9,11,13H,1-3,5,7-8,15H2,(H,16,18)(H,17,20). The van der Waals surface area contributed by atoms with Crippen molar-refractivity contribution in [2.24, 2.45) is 5.84 Å². The summed E-state index contributed by atoms with van der Waals surface area (Å²) in [7, 11) is 0. The number of pyridine rings is 1. The number of carbonyl (C=O) groups excluding carboxylic acids is 1. The number of rotatable bonds is 3. The molecule has 2 atom stereocenters. The molecule has 2 saturated heterocycles. The molecule has 2 aliphatic heterocycles. The molecule has 3 rings (SSSR count). The van der Waals surface area contributed by atoms with Crippen LogP contribution in [0.4, 0.5) is 5.69 Å². The number of nitrogen functional groups attached to an aromatic ring is 1. The van der Waals surface area contributed by atoms with Crippen LogP contribution in [0.1, 0.15) is 36.2 Å². The van der Waals surface area contributed by atoms with Crippen LogP contribution in [0.15, 0.2) is 18.3 Å². The highest BCUT2D eigenvalue weighted by Gasteiger charge is 2.36. The summed E-state index contributed by atoms with van der Waals surface area (Å²) < 4.78 is 0. The number of piperidine rings is 1. The average molecular weight is 275 g/mol. The molecule has 2 fully saturated rings. The van der Waals surface area contributed by atoms with E-state index in [1.54, 1.807) is 18.3 Å². The van der Waals surface area contributed by atoms with E-state index in [1.807, 2.05) is 0 Å². The molecule has 1 aromatic heterocycles. The zero-order valence-electron chi connectivity index (χ0n) is 11.5. The zero-order chi connectivity index (χ0) is 13.9. The van der Waals surface area contributed by atoms with Crippen LogP contribution in [0, 0.1) is 0 Å². The Morgan fingerprint density at radius 1 is 1.35 bits per heavy atom. The molecule has 2 unspecified atom stereocenters. The van der Waals surface area contributed by atoms with Gasteiger partial charge in [-0.1, -0.05) is 6.42 Å². The van der Waals surface area contributed by atoms with Gasteiger partial charge in [0.25, 0.3) is 5.91 Å². The number of hydrazine groups is 1. The molecule has 0 aliphatic carbocycles. The van der Waals surface area contributed by atoms with Crippen LogP contribution < -0.4 is 16.6 Å². The van der Waals surface area contributed by atoms with E-state index in [-0.39, 0.29) is 11.9 Å². The van der Waals surface area contributed by atoms with Crippen molar-refractivity contribution in [1.82, 2.24) is 15.2 Å². The van der Waals surface area contributed by atoms with Crippen molar-refractivity contribution in [1.29, 1.82) is 0 Å². The molecule has 6 nitrogen and oxygen atoms in total. The lowest BCUT2D eigenvalue weighted by Crippen LogP contribution is -2.46. The third-order valence-corrected chi connectivity index (χ3v) is 4.33. The Hall–Kier alpha value is -1.66. The number of aromatic nitrogens is 1. The minimum Gasteiger partial charge on any atom is -0.346 e. The summed E-state index contributed by atoms with van der Waals surface area (Å²) >= 11 is 0. The van der Waals surface area contributed by atoms with E-state index in [1.165, 1.54) is 25.8 Å². The molecule has 6 heteroatoms. The van der Waals surface area contributed by atoms with Crippen LogP contribution >= 0.6 is 0 Å². The van der Waals surface area contributed by atoms with E-state index in [0.29, 0.717) is 17.4 Å². The fraction of sp³-hybridized carbons (Fsp3) is 0.571. The van der Waals surface area contributed by atoms with Gasteiger partial charge in [0.05, 0.1) is 5.69 Å². The van der Waals surface area contributed by atoms with Gasteiger partial charge in [-0.2, -0.15) is 0 Å². The maximum absolute atomic E-state index is 12.3. The summed E-state index contributed by atoms with van der Waals surface area (Å²) in [5.41, 5.74) is 3.64. The minimum atomic E-state index is -0.112. The first-order chi connectivity index (χ1) is 9.78. The topological polar surface area (TPSA) is 83.3 Å². The van der Waals surface area contributed by atoms with E-state index in [2.05, 4.69) is 20.6 Å². The molecule has 4 N–H and O–H groups in total. The highest BCUT2D eigenvalue weighted by Crippen LogP contribution is 2.27. The van der Waals surface area contributed by atoms with Crippen LogP contribution in [0.5, 0.6) is 0 Å². The second-order valence-electron chi connectivity index (χ2n) is 5.54. The van der Waals surface area contributed by atoms with E-state index >= 15 is 0 Å². The highest BCUT2D eigenvalue weighted by atomic mass is 16.2.